The average Bonchev–Trinajstić information content (AvgIpc) is 2.56. The van der Waals surface area contributed by atoms with Crippen LogP contribution in [0.15, 0.2) is 0 Å². The summed E-state index contributed by atoms with van der Waals surface area (Å²) in [5.41, 5.74) is 0. The van der Waals surface area contributed by atoms with E-state index in [1.807, 2.05) is 0 Å². The smallest absolute Gasteiger partial charge is 0.377 e. The van der Waals surface area contributed by atoms with Gasteiger partial charge in [-0.15, -0.1) is 0 Å². The molecule has 1 aliphatic rings. The average molecular weight is 263 g/mol. The molecule has 1 heterocycles. The van der Waals surface area contributed by atoms with Gasteiger partial charge in [0.2, 0.25) is 0 Å². The van der Waals surface area contributed by atoms with Gasteiger partial charge in [-0.3, -0.25) is 0 Å². The Bertz CT molecular complexity index is 259. The Hall–Kier alpha value is -0.710. The predicted octanol–water partition coefficient (Wildman–Crippen LogP) is 2.89. The molecule has 1 fully saturated rings. The first-order valence-electron chi connectivity index (χ1n) is 6.86. The summed E-state index contributed by atoms with van der Waals surface area (Å²) >= 11 is 0. The minimum Gasteiger partial charge on any atom is -0.456 e. The van der Waals surface area contributed by atoms with Crippen molar-refractivity contribution in [2.45, 2.75) is 63.9 Å². The topological polar surface area (TPSA) is 38.3 Å². The fraction of sp³-hybridized carbons (Fsp3) is 0.923. The summed E-state index contributed by atoms with van der Waals surface area (Å²) < 4.78 is 30.3. The highest BCUT2D eigenvalue weighted by atomic mass is 19.3. The van der Waals surface area contributed by atoms with Crippen molar-refractivity contribution in [3.05, 3.63) is 0 Å². The zero-order valence-corrected chi connectivity index (χ0v) is 11.0. The molecule has 0 radical (unpaired) electrons. The lowest BCUT2D eigenvalue weighted by molar-refractivity contribution is -0.159. The molecule has 18 heavy (non-hydrogen) atoms. The Kier molecular flexibility index (Phi) is 6.54. The first-order chi connectivity index (χ1) is 8.56. The van der Waals surface area contributed by atoms with E-state index in [0.717, 1.165) is 19.4 Å². The molecule has 1 N–H and O–H groups in total. The van der Waals surface area contributed by atoms with Gasteiger partial charge in [0.25, 0.3) is 0 Å². The van der Waals surface area contributed by atoms with Crippen molar-refractivity contribution in [2.24, 2.45) is 0 Å². The van der Waals surface area contributed by atoms with Gasteiger partial charge in [-0.1, -0.05) is 39.0 Å². The van der Waals surface area contributed by atoms with E-state index < -0.39 is 24.4 Å². The van der Waals surface area contributed by atoms with Gasteiger partial charge in [-0.25, -0.2) is 4.79 Å². The van der Waals surface area contributed by atoms with Crippen molar-refractivity contribution in [1.29, 1.82) is 0 Å². The van der Waals surface area contributed by atoms with E-state index >= 15 is 0 Å². The Balaban J connectivity index is 1.95. The lowest BCUT2D eigenvalue weighted by atomic mass is 10.1. The minimum atomic E-state index is -3.29. The summed E-state index contributed by atoms with van der Waals surface area (Å²) in [4.78, 5) is 10.7. The maximum Gasteiger partial charge on any atom is 0.377 e. The molecule has 0 aromatic rings. The number of carbonyl (C=O) groups is 1. The number of hydrogen-bond donors (Lipinski definition) is 1. The molecule has 0 spiro atoms. The Morgan fingerprint density at radius 2 is 1.94 bits per heavy atom. The number of ether oxygens (including phenoxy) is 1. The molecule has 106 valence electrons. The van der Waals surface area contributed by atoms with Gasteiger partial charge in [-0.2, -0.15) is 8.78 Å². The molecular formula is C13H23F2NO2. The normalized spacial score (nSPS) is 22.2. The van der Waals surface area contributed by atoms with Crippen molar-refractivity contribution in [2.75, 3.05) is 13.1 Å². The number of carbonyl (C=O) groups excluding carboxylic acids is 1. The Morgan fingerprint density at radius 1 is 1.28 bits per heavy atom. The number of rotatable bonds is 9. The molecule has 1 aliphatic heterocycles. The second kappa shape index (κ2) is 7.67. The lowest BCUT2D eigenvalue weighted by Crippen LogP contribution is -2.27. The van der Waals surface area contributed by atoms with E-state index in [1.165, 1.54) is 25.7 Å². The van der Waals surface area contributed by atoms with E-state index in [1.54, 1.807) is 0 Å². The molecule has 1 atom stereocenters. The zero-order valence-electron chi connectivity index (χ0n) is 11.0. The Labute approximate surface area is 107 Å². The van der Waals surface area contributed by atoms with Gasteiger partial charge in [0.15, 0.2) is 0 Å². The Morgan fingerprint density at radius 3 is 2.56 bits per heavy atom. The van der Waals surface area contributed by atoms with Crippen molar-refractivity contribution < 1.29 is 18.3 Å². The number of cyclic esters (lactones) is 1. The van der Waals surface area contributed by atoms with Crippen LogP contribution >= 0.6 is 0 Å². The van der Waals surface area contributed by atoms with E-state index in [4.69, 9.17) is 0 Å². The largest absolute Gasteiger partial charge is 0.456 e. The SMILES string of the molecule is CCCCCCCCNCC1CC(F)(F)C(=O)O1. The minimum absolute atomic E-state index is 0.330. The van der Waals surface area contributed by atoms with Gasteiger partial charge in [-0.05, 0) is 13.0 Å². The second-order valence-electron chi connectivity index (χ2n) is 4.91. The van der Waals surface area contributed by atoms with Crippen LogP contribution in [0, 0.1) is 0 Å². The van der Waals surface area contributed by atoms with E-state index in [0.29, 0.717) is 6.54 Å². The van der Waals surface area contributed by atoms with Crippen LogP contribution in [0.3, 0.4) is 0 Å². The third-order valence-corrected chi connectivity index (χ3v) is 3.14. The van der Waals surface area contributed by atoms with Crippen molar-refractivity contribution >= 4 is 5.97 Å². The van der Waals surface area contributed by atoms with Crippen LogP contribution in [-0.2, 0) is 9.53 Å². The number of halogens is 2. The van der Waals surface area contributed by atoms with Crippen LogP contribution in [0.5, 0.6) is 0 Å². The molecule has 1 rings (SSSR count). The highest BCUT2D eigenvalue weighted by Gasteiger charge is 2.50. The summed E-state index contributed by atoms with van der Waals surface area (Å²) in [6, 6.07) is 0. The summed E-state index contributed by atoms with van der Waals surface area (Å²) in [6.07, 6.45) is 6.05. The number of nitrogens with one attached hydrogen (secondary N) is 1. The molecule has 1 saturated heterocycles. The number of unbranched alkanes of at least 4 members (excludes halogenated alkanes) is 5. The lowest BCUT2D eigenvalue weighted by Gasteiger charge is -2.09. The number of esters is 1. The van der Waals surface area contributed by atoms with Crippen molar-refractivity contribution in [3.8, 4) is 0 Å². The van der Waals surface area contributed by atoms with Crippen LogP contribution < -0.4 is 5.32 Å². The van der Waals surface area contributed by atoms with Crippen molar-refractivity contribution in [3.63, 3.8) is 0 Å². The number of alkyl halides is 2. The van der Waals surface area contributed by atoms with Crippen LogP contribution in [0.4, 0.5) is 8.78 Å². The van der Waals surface area contributed by atoms with Gasteiger partial charge in [0.05, 0.1) is 6.42 Å². The van der Waals surface area contributed by atoms with E-state index in [-0.39, 0.29) is 0 Å². The van der Waals surface area contributed by atoms with Crippen molar-refractivity contribution in [1.82, 2.24) is 5.32 Å². The van der Waals surface area contributed by atoms with Gasteiger partial charge in [0, 0.05) is 6.54 Å². The standard InChI is InChI=1S/C13H23F2NO2/c1-2-3-4-5-6-7-8-16-10-11-9-13(14,15)12(17)18-11/h11,16H,2-10H2,1H3. The fourth-order valence-corrected chi connectivity index (χ4v) is 2.06. The summed E-state index contributed by atoms with van der Waals surface area (Å²) in [5, 5.41) is 3.07. The molecule has 0 aromatic carbocycles. The summed E-state index contributed by atoms with van der Waals surface area (Å²) in [6.45, 7) is 3.31. The highest BCUT2D eigenvalue weighted by molar-refractivity contribution is 5.79. The summed E-state index contributed by atoms with van der Waals surface area (Å²) in [7, 11) is 0. The molecule has 0 aliphatic carbocycles. The van der Waals surface area contributed by atoms with Gasteiger partial charge >= 0.3 is 11.9 Å². The van der Waals surface area contributed by atoms with E-state index in [9.17, 15) is 13.6 Å². The quantitative estimate of drug-likeness (QED) is 0.513. The van der Waals surface area contributed by atoms with Crippen LogP contribution in [0.1, 0.15) is 51.9 Å². The van der Waals surface area contributed by atoms with E-state index in [2.05, 4.69) is 17.0 Å². The molecule has 1 unspecified atom stereocenters. The molecule has 0 aromatic heterocycles. The fourth-order valence-electron chi connectivity index (χ4n) is 2.06. The third-order valence-electron chi connectivity index (χ3n) is 3.14. The number of hydrogen-bond acceptors (Lipinski definition) is 3. The zero-order chi connectivity index (χ0) is 13.4. The first kappa shape index (κ1) is 15.3. The van der Waals surface area contributed by atoms with Crippen LogP contribution in [0.25, 0.3) is 0 Å². The summed E-state index contributed by atoms with van der Waals surface area (Å²) in [5.74, 6) is -4.67. The van der Waals surface area contributed by atoms with Crippen LogP contribution in [0.2, 0.25) is 0 Å². The second-order valence-corrected chi connectivity index (χ2v) is 4.91. The molecule has 0 amide bonds. The molecule has 0 saturated carbocycles. The third kappa shape index (κ3) is 5.29. The maximum absolute atomic E-state index is 12.8. The first-order valence-corrected chi connectivity index (χ1v) is 6.86. The molecule has 0 bridgehead atoms. The maximum atomic E-state index is 12.8. The molecular weight excluding hydrogens is 240 g/mol. The molecule has 3 nitrogen and oxygen atoms in total. The van der Waals surface area contributed by atoms with Crippen LogP contribution in [-0.4, -0.2) is 31.1 Å². The molecule has 5 heteroatoms. The van der Waals surface area contributed by atoms with Gasteiger partial charge in [0.1, 0.15) is 6.10 Å². The monoisotopic (exact) mass is 263 g/mol. The highest BCUT2D eigenvalue weighted by Crippen LogP contribution is 2.30. The van der Waals surface area contributed by atoms with Gasteiger partial charge < -0.3 is 10.1 Å². The predicted molar refractivity (Wildman–Crippen MR) is 65.7 cm³/mol.